The highest BCUT2D eigenvalue weighted by Gasteiger charge is 2.18. The third-order valence-corrected chi connectivity index (χ3v) is 8.91. The van der Waals surface area contributed by atoms with Crippen molar-refractivity contribution in [3.05, 3.63) is 52.5 Å². The molecular formula is C34H49ClN8. The molecule has 232 valence electrons. The average Bonchev–Trinajstić information content (AvgIpc) is 3.06. The first kappa shape index (κ1) is 32.9. The standard InChI is InChI=1S/C17H24N4.C12H13ClN2.C5H12N2/c1-19-7-9-21(10-8-19)17-12-15(14-18)11-16(13-17)20-5-3-2-4-6-20;13-11-6-10(9-14)7-12(8-11)15-4-2-1-3-5-15;1-7-4-2-6-3-5-7/h11-13H,2-10H2,1H3;6-8H,1-5H2;6H,2-5H2,1H3. The fraction of sp³-hybridized carbons (Fsp3) is 0.588. The molecule has 4 aliphatic heterocycles. The van der Waals surface area contributed by atoms with Gasteiger partial charge < -0.3 is 29.8 Å². The molecular weight excluding hydrogens is 556 g/mol. The SMILES string of the molecule is CN1CCN(c2cc(C#N)cc(N3CCCCC3)c2)CC1.CN1CCNCC1.N#Cc1cc(Cl)cc(N2CCCCC2)c1. The lowest BCUT2D eigenvalue weighted by Crippen LogP contribution is -2.44. The molecule has 4 heterocycles. The number of nitriles is 2. The number of piperidine rings is 2. The van der Waals surface area contributed by atoms with Gasteiger partial charge in [-0.2, -0.15) is 10.5 Å². The quantitative estimate of drug-likeness (QED) is 0.523. The van der Waals surface area contributed by atoms with Gasteiger partial charge in [-0.15, -0.1) is 0 Å². The Labute approximate surface area is 264 Å². The Balaban J connectivity index is 0.000000167. The van der Waals surface area contributed by atoms with Crippen LogP contribution in [0.3, 0.4) is 0 Å². The van der Waals surface area contributed by atoms with Crippen molar-refractivity contribution in [3.8, 4) is 12.1 Å². The van der Waals surface area contributed by atoms with Gasteiger partial charge in [0.05, 0.1) is 23.3 Å². The van der Waals surface area contributed by atoms with Crippen molar-refractivity contribution < 1.29 is 0 Å². The van der Waals surface area contributed by atoms with Crippen LogP contribution >= 0.6 is 11.6 Å². The minimum absolute atomic E-state index is 0.642. The molecule has 4 fully saturated rings. The predicted octanol–water partition coefficient (Wildman–Crippen LogP) is 5.02. The van der Waals surface area contributed by atoms with Crippen LogP contribution in [-0.4, -0.2) is 102 Å². The number of hydrogen-bond donors (Lipinski definition) is 1. The van der Waals surface area contributed by atoms with E-state index >= 15 is 0 Å². The van der Waals surface area contributed by atoms with Crippen LogP contribution in [0.2, 0.25) is 5.02 Å². The molecule has 4 saturated heterocycles. The molecule has 0 bridgehead atoms. The van der Waals surface area contributed by atoms with Gasteiger partial charge in [0.15, 0.2) is 0 Å². The van der Waals surface area contributed by atoms with Crippen LogP contribution in [0, 0.1) is 22.7 Å². The second kappa shape index (κ2) is 17.3. The van der Waals surface area contributed by atoms with Crippen LogP contribution in [-0.2, 0) is 0 Å². The molecule has 0 amide bonds. The second-order valence-corrected chi connectivity index (χ2v) is 12.5. The molecule has 0 unspecified atom stereocenters. The molecule has 9 heteroatoms. The summed E-state index contributed by atoms with van der Waals surface area (Å²) in [6, 6.07) is 16.4. The summed E-state index contributed by atoms with van der Waals surface area (Å²) in [7, 11) is 4.32. The summed E-state index contributed by atoms with van der Waals surface area (Å²) in [6.07, 6.45) is 7.63. The highest BCUT2D eigenvalue weighted by Crippen LogP contribution is 2.28. The topological polar surface area (TPSA) is 75.8 Å². The maximum atomic E-state index is 9.33. The normalized spacial score (nSPS) is 19.7. The molecule has 0 saturated carbocycles. The Morgan fingerprint density at radius 1 is 0.535 bits per heavy atom. The zero-order valence-electron chi connectivity index (χ0n) is 26.2. The van der Waals surface area contributed by atoms with E-state index in [0.717, 1.165) is 76.7 Å². The number of benzene rings is 2. The molecule has 0 atom stereocenters. The molecule has 2 aromatic carbocycles. The molecule has 0 radical (unpaired) electrons. The summed E-state index contributed by atoms with van der Waals surface area (Å²) in [4.78, 5) is 11.8. The van der Waals surface area contributed by atoms with E-state index in [1.807, 2.05) is 24.3 Å². The Bertz CT molecular complexity index is 1210. The van der Waals surface area contributed by atoms with E-state index < -0.39 is 0 Å². The van der Waals surface area contributed by atoms with Crippen molar-refractivity contribution in [2.24, 2.45) is 0 Å². The van der Waals surface area contributed by atoms with E-state index in [4.69, 9.17) is 16.9 Å². The lowest BCUT2D eigenvalue weighted by Gasteiger charge is -2.35. The molecule has 43 heavy (non-hydrogen) atoms. The van der Waals surface area contributed by atoms with Gasteiger partial charge in [0.2, 0.25) is 0 Å². The van der Waals surface area contributed by atoms with Crippen molar-refractivity contribution in [1.29, 1.82) is 10.5 Å². The van der Waals surface area contributed by atoms with E-state index in [1.165, 1.54) is 63.0 Å². The Kier molecular flexibility index (Phi) is 13.3. The number of likely N-dealkylation sites (N-methyl/N-ethyl adjacent to an activating group) is 2. The van der Waals surface area contributed by atoms with Crippen LogP contribution in [0.4, 0.5) is 17.1 Å². The highest BCUT2D eigenvalue weighted by atomic mass is 35.5. The van der Waals surface area contributed by atoms with Crippen molar-refractivity contribution in [1.82, 2.24) is 15.1 Å². The first-order valence-corrected chi connectivity index (χ1v) is 16.4. The van der Waals surface area contributed by atoms with E-state index in [-0.39, 0.29) is 0 Å². The van der Waals surface area contributed by atoms with E-state index in [9.17, 15) is 5.26 Å². The van der Waals surface area contributed by atoms with Crippen molar-refractivity contribution in [2.75, 3.05) is 107 Å². The fourth-order valence-corrected chi connectivity index (χ4v) is 6.22. The Morgan fingerprint density at radius 2 is 0.953 bits per heavy atom. The second-order valence-electron chi connectivity index (χ2n) is 12.1. The van der Waals surface area contributed by atoms with Crippen LogP contribution in [0.15, 0.2) is 36.4 Å². The summed E-state index contributed by atoms with van der Waals surface area (Å²) in [5.74, 6) is 0. The monoisotopic (exact) mass is 604 g/mol. The third kappa shape index (κ3) is 10.6. The fourth-order valence-electron chi connectivity index (χ4n) is 5.99. The number of nitrogens with one attached hydrogen (secondary N) is 1. The Hall–Kier alpha value is -3.01. The highest BCUT2D eigenvalue weighted by molar-refractivity contribution is 6.31. The lowest BCUT2D eigenvalue weighted by atomic mass is 10.1. The van der Waals surface area contributed by atoms with E-state index in [1.54, 1.807) is 6.07 Å². The van der Waals surface area contributed by atoms with Gasteiger partial charge in [-0.3, -0.25) is 0 Å². The van der Waals surface area contributed by atoms with Gasteiger partial charge in [0.25, 0.3) is 0 Å². The lowest BCUT2D eigenvalue weighted by molar-refractivity contribution is 0.291. The molecule has 0 spiro atoms. The number of anilines is 3. The van der Waals surface area contributed by atoms with E-state index in [0.29, 0.717) is 10.6 Å². The minimum Gasteiger partial charge on any atom is -0.371 e. The molecule has 2 aromatic rings. The van der Waals surface area contributed by atoms with Crippen molar-refractivity contribution in [3.63, 3.8) is 0 Å². The van der Waals surface area contributed by atoms with Crippen molar-refractivity contribution in [2.45, 2.75) is 38.5 Å². The van der Waals surface area contributed by atoms with Gasteiger partial charge in [0, 0.05) is 101 Å². The number of halogens is 1. The third-order valence-electron chi connectivity index (χ3n) is 8.69. The molecule has 0 aliphatic carbocycles. The van der Waals surface area contributed by atoms with Gasteiger partial charge >= 0.3 is 0 Å². The summed E-state index contributed by atoms with van der Waals surface area (Å²) in [5, 5.41) is 22.1. The van der Waals surface area contributed by atoms with Crippen molar-refractivity contribution >= 4 is 28.7 Å². The maximum Gasteiger partial charge on any atom is 0.0993 e. The summed E-state index contributed by atoms with van der Waals surface area (Å²) < 4.78 is 0. The number of rotatable bonds is 3. The molecule has 4 aliphatic rings. The molecule has 6 rings (SSSR count). The smallest absolute Gasteiger partial charge is 0.0993 e. The first-order valence-electron chi connectivity index (χ1n) is 16.0. The zero-order valence-corrected chi connectivity index (χ0v) is 27.0. The zero-order chi connectivity index (χ0) is 30.4. The molecule has 8 nitrogen and oxygen atoms in total. The van der Waals surface area contributed by atoms with E-state index in [2.05, 4.69) is 62.1 Å². The Morgan fingerprint density at radius 3 is 1.40 bits per heavy atom. The van der Waals surface area contributed by atoms with Crippen LogP contribution < -0.4 is 20.0 Å². The maximum absolute atomic E-state index is 9.33. The average molecular weight is 605 g/mol. The van der Waals surface area contributed by atoms with Gasteiger partial charge in [-0.1, -0.05) is 11.6 Å². The summed E-state index contributed by atoms with van der Waals surface area (Å²) in [6.45, 7) is 13.4. The van der Waals surface area contributed by atoms with Crippen LogP contribution in [0.25, 0.3) is 0 Å². The predicted molar refractivity (Wildman–Crippen MR) is 180 cm³/mol. The minimum atomic E-state index is 0.642. The first-order chi connectivity index (χ1) is 20.9. The largest absolute Gasteiger partial charge is 0.371 e. The molecule has 1 N–H and O–H groups in total. The number of hydrogen-bond acceptors (Lipinski definition) is 8. The van der Waals surface area contributed by atoms with Crippen LogP contribution in [0.1, 0.15) is 49.7 Å². The van der Waals surface area contributed by atoms with Gasteiger partial charge in [-0.05, 0) is 89.0 Å². The van der Waals surface area contributed by atoms with Gasteiger partial charge in [0.1, 0.15) is 0 Å². The molecule has 0 aromatic heterocycles. The van der Waals surface area contributed by atoms with Crippen LogP contribution in [0.5, 0.6) is 0 Å². The summed E-state index contributed by atoms with van der Waals surface area (Å²) >= 11 is 5.97. The number of piperazine rings is 2. The number of nitrogens with zero attached hydrogens (tertiary/aromatic N) is 7. The van der Waals surface area contributed by atoms with Gasteiger partial charge in [-0.25, -0.2) is 0 Å². The summed E-state index contributed by atoms with van der Waals surface area (Å²) in [5.41, 5.74) is 4.94.